The van der Waals surface area contributed by atoms with Crippen LogP contribution in [0.25, 0.3) is 0 Å². The molecule has 2 rings (SSSR count). The zero-order valence-electron chi connectivity index (χ0n) is 10.5. The van der Waals surface area contributed by atoms with E-state index in [2.05, 4.69) is 10.3 Å². The Morgan fingerprint density at radius 1 is 1.20 bits per heavy atom. The number of aromatic hydroxyl groups is 1. The lowest BCUT2D eigenvalue weighted by Crippen LogP contribution is -2.29. The van der Waals surface area contributed by atoms with Crippen LogP contribution >= 0.6 is 0 Å². The largest absolute Gasteiger partial charge is 0.508 e. The van der Waals surface area contributed by atoms with Crippen LogP contribution in [0, 0.1) is 0 Å². The third-order valence-corrected chi connectivity index (χ3v) is 2.63. The van der Waals surface area contributed by atoms with Crippen molar-refractivity contribution < 1.29 is 9.90 Å². The van der Waals surface area contributed by atoms with Crippen molar-refractivity contribution in [2.75, 3.05) is 5.32 Å². The first-order chi connectivity index (χ1) is 9.54. The van der Waals surface area contributed by atoms with Crippen molar-refractivity contribution >= 4 is 11.6 Å². The maximum atomic E-state index is 11.7. The van der Waals surface area contributed by atoms with E-state index in [0.717, 1.165) is 0 Å². The van der Waals surface area contributed by atoms with E-state index in [-0.39, 0.29) is 24.6 Å². The summed E-state index contributed by atoms with van der Waals surface area (Å²) in [6.45, 7) is 0.166. The molecule has 0 radical (unpaired) electrons. The third kappa shape index (κ3) is 3.58. The Labute approximate surface area is 113 Å². The highest BCUT2D eigenvalue weighted by Gasteiger charge is 2.04. The van der Waals surface area contributed by atoms with E-state index in [1.54, 1.807) is 12.1 Å². The molecule has 0 saturated carbocycles. The summed E-state index contributed by atoms with van der Waals surface area (Å²) in [5.74, 6) is -0.156. The Kier molecular flexibility index (Phi) is 3.99. The molecule has 0 atom stereocenters. The first kappa shape index (κ1) is 13.6. The van der Waals surface area contributed by atoms with E-state index in [1.165, 1.54) is 29.0 Å². The molecule has 0 aliphatic heterocycles. The SMILES string of the molecule is O=C(CCn1ccc(=O)[nH]c1=O)Nc1ccc(O)cc1. The summed E-state index contributed by atoms with van der Waals surface area (Å²) >= 11 is 0. The molecule has 0 spiro atoms. The van der Waals surface area contributed by atoms with Crippen LogP contribution in [-0.4, -0.2) is 20.6 Å². The highest BCUT2D eigenvalue weighted by Crippen LogP contribution is 2.13. The van der Waals surface area contributed by atoms with Crippen LogP contribution in [-0.2, 0) is 11.3 Å². The van der Waals surface area contributed by atoms with Gasteiger partial charge in [0.25, 0.3) is 5.56 Å². The average Bonchev–Trinajstić information content (AvgIpc) is 2.40. The number of rotatable bonds is 4. The maximum absolute atomic E-state index is 11.7. The van der Waals surface area contributed by atoms with Gasteiger partial charge in [0.1, 0.15) is 5.75 Å². The second-order valence-electron chi connectivity index (χ2n) is 4.15. The van der Waals surface area contributed by atoms with Gasteiger partial charge < -0.3 is 15.0 Å². The van der Waals surface area contributed by atoms with E-state index in [1.807, 2.05) is 0 Å². The number of benzene rings is 1. The summed E-state index contributed by atoms with van der Waals surface area (Å²) in [6.07, 6.45) is 1.43. The number of hydrogen-bond acceptors (Lipinski definition) is 4. The van der Waals surface area contributed by atoms with E-state index >= 15 is 0 Å². The quantitative estimate of drug-likeness (QED) is 0.697. The number of aromatic nitrogens is 2. The number of phenols is 1. The fraction of sp³-hybridized carbons (Fsp3) is 0.154. The minimum atomic E-state index is -0.546. The first-order valence-corrected chi connectivity index (χ1v) is 5.93. The molecule has 0 fully saturated rings. The van der Waals surface area contributed by atoms with Crippen LogP contribution in [0.3, 0.4) is 0 Å². The fourth-order valence-corrected chi connectivity index (χ4v) is 1.61. The Hall–Kier alpha value is -2.83. The van der Waals surface area contributed by atoms with Crippen LogP contribution in [0.4, 0.5) is 5.69 Å². The van der Waals surface area contributed by atoms with Crippen molar-refractivity contribution in [2.45, 2.75) is 13.0 Å². The second-order valence-corrected chi connectivity index (χ2v) is 4.15. The lowest BCUT2D eigenvalue weighted by atomic mass is 10.3. The minimum Gasteiger partial charge on any atom is -0.508 e. The number of anilines is 1. The van der Waals surface area contributed by atoms with Gasteiger partial charge in [-0.25, -0.2) is 4.79 Å². The molecule has 0 aliphatic rings. The summed E-state index contributed by atoms with van der Waals surface area (Å²) in [7, 11) is 0. The number of aromatic amines is 1. The molecule has 0 saturated heterocycles. The van der Waals surface area contributed by atoms with Crippen LogP contribution in [0.5, 0.6) is 5.75 Å². The molecule has 1 heterocycles. The minimum absolute atomic E-state index is 0.0901. The Morgan fingerprint density at radius 2 is 1.90 bits per heavy atom. The summed E-state index contributed by atoms with van der Waals surface area (Å²) in [6, 6.07) is 7.28. The predicted octanol–water partition coefficient (Wildman–Crippen LogP) is 0.271. The smallest absolute Gasteiger partial charge is 0.328 e. The Morgan fingerprint density at radius 3 is 2.55 bits per heavy atom. The van der Waals surface area contributed by atoms with Crippen molar-refractivity contribution in [3.8, 4) is 5.75 Å². The van der Waals surface area contributed by atoms with Gasteiger partial charge in [0, 0.05) is 30.9 Å². The zero-order chi connectivity index (χ0) is 14.5. The first-order valence-electron chi connectivity index (χ1n) is 5.93. The molecule has 0 aliphatic carbocycles. The molecule has 0 bridgehead atoms. The van der Waals surface area contributed by atoms with Crippen LogP contribution in [0.2, 0.25) is 0 Å². The average molecular weight is 275 g/mol. The number of nitrogens with one attached hydrogen (secondary N) is 2. The number of aryl methyl sites for hydroxylation is 1. The number of carbonyl (C=O) groups excluding carboxylic acids is 1. The molecule has 0 unspecified atom stereocenters. The number of carbonyl (C=O) groups is 1. The van der Waals surface area contributed by atoms with Gasteiger partial charge in [0.15, 0.2) is 0 Å². The van der Waals surface area contributed by atoms with E-state index in [0.29, 0.717) is 5.69 Å². The molecule has 1 aromatic heterocycles. The summed E-state index contributed by atoms with van der Waals surface area (Å²) < 4.78 is 1.25. The molecule has 104 valence electrons. The second kappa shape index (κ2) is 5.87. The molecule has 1 amide bonds. The lowest BCUT2D eigenvalue weighted by molar-refractivity contribution is -0.116. The van der Waals surface area contributed by atoms with Crippen molar-refractivity contribution in [3.63, 3.8) is 0 Å². The van der Waals surface area contributed by atoms with Gasteiger partial charge in [0.05, 0.1) is 0 Å². The van der Waals surface area contributed by atoms with Crippen molar-refractivity contribution in [2.24, 2.45) is 0 Å². The van der Waals surface area contributed by atoms with Gasteiger partial charge in [-0.15, -0.1) is 0 Å². The van der Waals surface area contributed by atoms with E-state index in [9.17, 15) is 14.4 Å². The standard InChI is InChI=1S/C13H13N3O4/c17-10-3-1-9(2-4-10)14-11(18)5-7-16-8-6-12(19)15-13(16)20/h1-4,6,8,17H,5,7H2,(H,14,18)(H,15,19,20). The van der Waals surface area contributed by atoms with Crippen LogP contribution in [0.1, 0.15) is 6.42 Å². The van der Waals surface area contributed by atoms with Crippen molar-refractivity contribution in [1.29, 1.82) is 0 Å². The molecular formula is C13H13N3O4. The highest BCUT2D eigenvalue weighted by molar-refractivity contribution is 5.90. The maximum Gasteiger partial charge on any atom is 0.328 e. The molecule has 3 N–H and O–H groups in total. The van der Waals surface area contributed by atoms with Gasteiger partial charge in [0.2, 0.25) is 5.91 Å². The van der Waals surface area contributed by atoms with Gasteiger partial charge in [-0.2, -0.15) is 0 Å². The van der Waals surface area contributed by atoms with Crippen LogP contribution in [0.15, 0.2) is 46.1 Å². The predicted molar refractivity (Wildman–Crippen MR) is 72.7 cm³/mol. The van der Waals surface area contributed by atoms with Gasteiger partial charge in [-0.1, -0.05) is 0 Å². The summed E-state index contributed by atoms with van der Waals surface area (Å²) in [4.78, 5) is 36.1. The lowest BCUT2D eigenvalue weighted by Gasteiger charge is -2.06. The molecule has 20 heavy (non-hydrogen) atoms. The molecule has 7 heteroatoms. The van der Waals surface area contributed by atoms with Crippen molar-refractivity contribution in [3.05, 3.63) is 57.4 Å². The number of hydrogen-bond donors (Lipinski definition) is 3. The molecular weight excluding hydrogens is 262 g/mol. The van der Waals surface area contributed by atoms with Gasteiger partial charge in [-0.3, -0.25) is 14.6 Å². The zero-order valence-corrected chi connectivity index (χ0v) is 10.5. The topological polar surface area (TPSA) is 104 Å². The fourth-order valence-electron chi connectivity index (χ4n) is 1.61. The number of amides is 1. The van der Waals surface area contributed by atoms with E-state index in [4.69, 9.17) is 5.11 Å². The Bertz CT molecular complexity index is 715. The Balaban J connectivity index is 1.93. The van der Waals surface area contributed by atoms with Gasteiger partial charge >= 0.3 is 5.69 Å². The monoisotopic (exact) mass is 275 g/mol. The summed E-state index contributed by atoms with van der Waals surface area (Å²) in [5, 5.41) is 11.7. The van der Waals surface area contributed by atoms with Gasteiger partial charge in [-0.05, 0) is 24.3 Å². The molecule has 7 nitrogen and oxygen atoms in total. The highest BCUT2D eigenvalue weighted by atomic mass is 16.3. The molecule has 2 aromatic rings. The number of nitrogens with zero attached hydrogens (tertiary/aromatic N) is 1. The normalized spacial score (nSPS) is 10.2. The van der Waals surface area contributed by atoms with Crippen LogP contribution < -0.4 is 16.6 Å². The number of H-pyrrole nitrogens is 1. The van der Waals surface area contributed by atoms with Crippen molar-refractivity contribution in [1.82, 2.24) is 9.55 Å². The molecule has 1 aromatic carbocycles. The van der Waals surface area contributed by atoms with E-state index < -0.39 is 11.2 Å². The third-order valence-electron chi connectivity index (χ3n) is 2.63. The number of phenolic OH excluding ortho intramolecular Hbond substituents is 1. The summed E-state index contributed by atoms with van der Waals surface area (Å²) in [5.41, 5.74) is -0.462.